The standard InChI is InChI=1S/C6H8N2OS2/c7-5(10)6-8-4(1-2-9)3-11-6/h3,9H,1-2H2,(H2,7,10). The summed E-state index contributed by atoms with van der Waals surface area (Å²) < 4.78 is 0. The van der Waals surface area contributed by atoms with Crippen LogP contribution in [-0.4, -0.2) is 21.7 Å². The molecule has 3 nitrogen and oxygen atoms in total. The van der Waals surface area contributed by atoms with Gasteiger partial charge in [0.2, 0.25) is 0 Å². The largest absolute Gasteiger partial charge is 0.396 e. The molecule has 60 valence electrons. The molecule has 0 aliphatic rings. The summed E-state index contributed by atoms with van der Waals surface area (Å²) in [6, 6.07) is 0. The van der Waals surface area contributed by atoms with E-state index in [2.05, 4.69) is 4.98 Å². The van der Waals surface area contributed by atoms with Crippen LogP contribution >= 0.6 is 23.6 Å². The van der Waals surface area contributed by atoms with Gasteiger partial charge in [0.15, 0.2) is 5.01 Å². The van der Waals surface area contributed by atoms with Crippen LogP contribution < -0.4 is 5.73 Å². The van der Waals surface area contributed by atoms with Crippen LogP contribution in [0, 0.1) is 0 Å². The molecule has 0 saturated carbocycles. The predicted molar refractivity (Wildman–Crippen MR) is 48.8 cm³/mol. The maximum atomic E-state index is 8.57. The Morgan fingerprint density at radius 2 is 2.55 bits per heavy atom. The lowest BCUT2D eigenvalue weighted by Crippen LogP contribution is -2.08. The molecule has 0 bridgehead atoms. The van der Waals surface area contributed by atoms with Gasteiger partial charge in [-0.25, -0.2) is 4.98 Å². The van der Waals surface area contributed by atoms with Gasteiger partial charge in [-0.3, -0.25) is 0 Å². The molecule has 0 aromatic carbocycles. The maximum Gasteiger partial charge on any atom is 0.150 e. The van der Waals surface area contributed by atoms with E-state index < -0.39 is 0 Å². The summed E-state index contributed by atoms with van der Waals surface area (Å²) in [7, 11) is 0. The molecular weight excluding hydrogens is 180 g/mol. The van der Waals surface area contributed by atoms with Crippen molar-refractivity contribution in [3.8, 4) is 0 Å². The van der Waals surface area contributed by atoms with Gasteiger partial charge in [-0.2, -0.15) is 0 Å². The number of hydrogen-bond donors (Lipinski definition) is 2. The molecule has 0 aliphatic heterocycles. The van der Waals surface area contributed by atoms with E-state index in [9.17, 15) is 0 Å². The zero-order valence-corrected chi connectivity index (χ0v) is 7.41. The number of aromatic nitrogens is 1. The van der Waals surface area contributed by atoms with Crippen molar-refractivity contribution in [1.29, 1.82) is 0 Å². The van der Waals surface area contributed by atoms with Crippen molar-refractivity contribution >= 4 is 28.5 Å². The second kappa shape index (κ2) is 3.75. The molecule has 0 spiro atoms. The summed E-state index contributed by atoms with van der Waals surface area (Å²) in [6.45, 7) is 0.112. The normalized spacial score (nSPS) is 9.91. The van der Waals surface area contributed by atoms with Crippen molar-refractivity contribution in [2.24, 2.45) is 5.73 Å². The Balaban J connectivity index is 2.73. The van der Waals surface area contributed by atoms with E-state index in [-0.39, 0.29) is 6.61 Å². The van der Waals surface area contributed by atoms with E-state index in [1.165, 1.54) is 11.3 Å². The zero-order chi connectivity index (χ0) is 8.27. The Kier molecular flexibility index (Phi) is 2.92. The second-order valence-corrected chi connectivity index (χ2v) is 3.28. The summed E-state index contributed by atoms with van der Waals surface area (Å²) in [4.78, 5) is 4.41. The lowest BCUT2D eigenvalue weighted by Gasteiger charge is -1.88. The fraction of sp³-hybridized carbons (Fsp3) is 0.333. The average Bonchev–Trinajstić information content (AvgIpc) is 2.37. The molecule has 0 amide bonds. The maximum absolute atomic E-state index is 8.57. The van der Waals surface area contributed by atoms with E-state index in [0.717, 1.165) is 5.69 Å². The summed E-state index contributed by atoms with van der Waals surface area (Å²) in [6.07, 6.45) is 0.569. The molecule has 3 N–H and O–H groups in total. The number of aliphatic hydroxyl groups excluding tert-OH is 1. The summed E-state index contributed by atoms with van der Waals surface area (Å²) in [5, 5.41) is 11.1. The molecule has 11 heavy (non-hydrogen) atoms. The Bertz CT molecular complexity index is 259. The van der Waals surface area contributed by atoms with Crippen LogP contribution in [0.3, 0.4) is 0 Å². The SMILES string of the molecule is NC(=S)c1nc(CCO)cs1. The quantitative estimate of drug-likeness (QED) is 0.670. The number of nitrogens with zero attached hydrogens (tertiary/aromatic N) is 1. The number of aliphatic hydroxyl groups is 1. The van der Waals surface area contributed by atoms with Crippen molar-refractivity contribution in [3.63, 3.8) is 0 Å². The molecule has 1 rings (SSSR count). The van der Waals surface area contributed by atoms with Crippen LogP contribution in [0.5, 0.6) is 0 Å². The Morgan fingerprint density at radius 3 is 3.00 bits per heavy atom. The molecule has 0 saturated heterocycles. The molecule has 0 aliphatic carbocycles. The first-order valence-corrected chi connectivity index (χ1v) is 4.38. The fourth-order valence-corrected chi connectivity index (χ4v) is 1.54. The number of nitrogens with two attached hydrogens (primary N) is 1. The number of rotatable bonds is 3. The van der Waals surface area contributed by atoms with Crippen LogP contribution in [-0.2, 0) is 6.42 Å². The third-order valence-corrected chi connectivity index (χ3v) is 2.38. The number of hydrogen-bond acceptors (Lipinski definition) is 4. The van der Waals surface area contributed by atoms with Gasteiger partial charge in [-0.05, 0) is 0 Å². The topological polar surface area (TPSA) is 59.1 Å². The first-order valence-electron chi connectivity index (χ1n) is 3.09. The minimum Gasteiger partial charge on any atom is -0.396 e. The first kappa shape index (κ1) is 8.58. The van der Waals surface area contributed by atoms with Gasteiger partial charge in [-0.15, -0.1) is 11.3 Å². The van der Waals surface area contributed by atoms with Crippen LogP contribution in [0.1, 0.15) is 10.7 Å². The van der Waals surface area contributed by atoms with Crippen LogP contribution in [0.25, 0.3) is 0 Å². The van der Waals surface area contributed by atoms with Crippen LogP contribution in [0.4, 0.5) is 0 Å². The average molecular weight is 188 g/mol. The van der Waals surface area contributed by atoms with Crippen LogP contribution in [0.2, 0.25) is 0 Å². The first-order chi connectivity index (χ1) is 5.24. The highest BCUT2D eigenvalue weighted by Crippen LogP contribution is 2.09. The van der Waals surface area contributed by atoms with Gasteiger partial charge >= 0.3 is 0 Å². The molecular formula is C6H8N2OS2. The summed E-state index contributed by atoms with van der Waals surface area (Å²) in [5.41, 5.74) is 6.19. The smallest absolute Gasteiger partial charge is 0.150 e. The fourth-order valence-electron chi connectivity index (χ4n) is 0.650. The van der Waals surface area contributed by atoms with Crippen molar-refractivity contribution < 1.29 is 5.11 Å². The molecule has 0 atom stereocenters. The lowest BCUT2D eigenvalue weighted by atomic mass is 10.4. The van der Waals surface area contributed by atoms with Crippen molar-refractivity contribution in [2.45, 2.75) is 6.42 Å². The number of thiocarbonyl (C=S) groups is 1. The lowest BCUT2D eigenvalue weighted by molar-refractivity contribution is 0.298. The monoisotopic (exact) mass is 188 g/mol. The van der Waals surface area contributed by atoms with Gasteiger partial charge in [0.05, 0.1) is 5.69 Å². The second-order valence-electron chi connectivity index (χ2n) is 1.98. The molecule has 0 radical (unpaired) electrons. The minimum absolute atomic E-state index is 0.112. The molecule has 0 fully saturated rings. The Hall–Kier alpha value is -0.520. The Morgan fingerprint density at radius 1 is 1.82 bits per heavy atom. The molecule has 0 unspecified atom stereocenters. The van der Waals surface area contributed by atoms with E-state index >= 15 is 0 Å². The van der Waals surface area contributed by atoms with Crippen molar-refractivity contribution in [3.05, 3.63) is 16.1 Å². The highest BCUT2D eigenvalue weighted by Gasteiger charge is 2.02. The van der Waals surface area contributed by atoms with E-state index in [0.29, 0.717) is 16.4 Å². The van der Waals surface area contributed by atoms with Gasteiger partial charge in [0, 0.05) is 18.4 Å². The molecule has 1 aromatic heterocycles. The van der Waals surface area contributed by atoms with Crippen LogP contribution in [0.15, 0.2) is 5.38 Å². The molecule has 1 heterocycles. The third kappa shape index (κ3) is 2.21. The van der Waals surface area contributed by atoms with Crippen molar-refractivity contribution in [1.82, 2.24) is 4.98 Å². The summed E-state index contributed by atoms with van der Waals surface area (Å²) in [5.74, 6) is 0. The van der Waals surface area contributed by atoms with Gasteiger partial charge in [0.25, 0.3) is 0 Å². The highest BCUT2D eigenvalue weighted by atomic mass is 32.1. The van der Waals surface area contributed by atoms with Crippen molar-refractivity contribution in [2.75, 3.05) is 6.61 Å². The molecule has 1 aromatic rings. The van der Waals surface area contributed by atoms with Gasteiger partial charge in [0.1, 0.15) is 4.99 Å². The minimum atomic E-state index is 0.112. The summed E-state index contributed by atoms with van der Waals surface area (Å²) >= 11 is 6.13. The third-order valence-electron chi connectivity index (χ3n) is 1.13. The van der Waals surface area contributed by atoms with E-state index in [1.54, 1.807) is 0 Å². The predicted octanol–water partition coefficient (Wildman–Crippen LogP) is 0.312. The van der Waals surface area contributed by atoms with Gasteiger partial charge < -0.3 is 10.8 Å². The highest BCUT2D eigenvalue weighted by molar-refractivity contribution is 7.81. The number of thiazole rings is 1. The molecule has 5 heteroatoms. The van der Waals surface area contributed by atoms with Gasteiger partial charge in [-0.1, -0.05) is 12.2 Å². The zero-order valence-electron chi connectivity index (χ0n) is 5.78. The van der Waals surface area contributed by atoms with E-state index in [4.69, 9.17) is 23.1 Å². The Labute approximate surface area is 73.9 Å². The van der Waals surface area contributed by atoms with E-state index in [1.807, 2.05) is 5.38 Å².